The Morgan fingerprint density at radius 2 is 2.05 bits per heavy atom. The molecule has 0 bridgehead atoms. The van der Waals surface area contributed by atoms with Crippen molar-refractivity contribution in [3.8, 4) is 0 Å². The van der Waals surface area contributed by atoms with Crippen molar-refractivity contribution >= 4 is 33.5 Å². The molecule has 2 N–H and O–H groups in total. The van der Waals surface area contributed by atoms with Crippen molar-refractivity contribution in [1.82, 2.24) is 4.98 Å². The molecule has 1 heterocycles. The van der Waals surface area contributed by atoms with Gasteiger partial charge in [-0.1, -0.05) is 12.1 Å². The molecule has 0 spiro atoms. The summed E-state index contributed by atoms with van der Waals surface area (Å²) in [5.41, 5.74) is 1.94. The zero-order valence-electron chi connectivity index (χ0n) is 11.0. The summed E-state index contributed by atoms with van der Waals surface area (Å²) in [6.45, 7) is 0. The lowest BCUT2D eigenvalue weighted by atomic mass is 10.1. The zero-order valence-corrected chi connectivity index (χ0v) is 12.6. The number of nitrogens with zero attached hydrogens (tertiary/aromatic N) is 1. The van der Waals surface area contributed by atoms with Crippen LogP contribution in [0.15, 0.2) is 47.2 Å². The van der Waals surface area contributed by atoms with Gasteiger partial charge in [0.15, 0.2) is 0 Å². The van der Waals surface area contributed by atoms with Gasteiger partial charge in [0.05, 0.1) is 5.56 Å². The zero-order chi connectivity index (χ0) is 15.2. The van der Waals surface area contributed by atoms with E-state index in [1.807, 2.05) is 6.07 Å². The van der Waals surface area contributed by atoms with Gasteiger partial charge in [0.25, 0.3) is 5.91 Å². The van der Waals surface area contributed by atoms with Gasteiger partial charge in [0, 0.05) is 29.0 Å². The van der Waals surface area contributed by atoms with Crippen LogP contribution in [-0.2, 0) is 11.2 Å². The number of carbonyl (C=O) groups is 2. The monoisotopic (exact) mass is 348 g/mol. The third kappa shape index (κ3) is 4.68. The molecular weight excluding hydrogens is 336 g/mol. The van der Waals surface area contributed by atoms with E-state index >= 15 is 0 Å². The Kier molecular flexibility index (Phi) is 5.05. The Hall–Kier alpha value is -2.21. The Morgan fingerprint density at radius 3 is 2.76 bits per heavy atom. The van der Waals surface area contributed by atoms with Crippen molar-refractivity contribution in [2.45, 2.75) is 12.8 Å². The van der Waals surface area contributed by atoms with Crippen molar-refractivity contribution in [2.75, 3.05) is 5.32 Å². The highest BCUT2D eigenvalue weighted by Gasteiger charge is 2.07. The van der Waals surface area contributed by atoms with Crippen LogP contribution in [0.2, 0.25) is 0 Å². The number of benzene rings is 1. The van der Waals surface area contributed by atoms with Gasteiger partial charge in [0.2, 0.25) is 0 Å². The van der Waals surface area contributed by atoms with E-state index in [0.717, 1.165) is 10.0 Å². The molecule has 6 heteroatoms. The predicted octanol–water partition coefficient (Wildman–Crippen LogP) is 3.11. The summed E-state index contributed by atoms with van der Waals surface area (Å²) >= 11 is 3.26. The smallest absolute Gasteiger partial charge is 0.303 e. The number of nitrogens with one attached hydrogen (secondary N) is 1. The van der Waals surface area contributed by atoms with Crippen LogP contribution < -0.4 is 5.32 Å². The molecule has 1 aromatic heterocycles. The maximum absolute atomic E-state index is 12.1. The lowest BCUT2D eigenvalue weighted by molar-refractivity contribution is -0.136. The van der Waals surface area contributed by atoms with Crippen LogP contribution >= 0.6 is 15.9 Å². The summed E-state index contributed by atoms with van der Waals surface area (Å²) in [6.07, 6.45) is 3.57. The number of carboxylic acid groups (broad SMARTS) is 1. The predicted molar refractivity (Wildman–Crippen MR) is 82.3 cm³/mol. The summed E-state index contributed by atoms with van der Waals surface area (Å²) in [6, 6.07) is 8.82. The number of hydrogen-bond donors (Lipinski definition) is 2. The van der Waals surface area contributed by atoms with Gasteiger partial charge in [-0.15, -0.1) is 0 Å². The van der Waals surface area contributed by atoms with E-state index in [9.17, 15) is 9.59 Å². The topological polar surface area (TPSA) is 79.3 Å². The first-order chi connectivity index (χ1) is 10.0. The first-order valence-corrected chi connectivity index (χ1v) is 7.06. The van der Waals surface area contributed by atoms with Gasteiger partial charge in [-0.25, -0.2) is 0 Å². The van der Waals surface area contributed by atoms with Crippen LogP contribution in [0, 0.1) is 0 Å². The van der Waals surface area contributed by atoms with Gasteiger partial charge in [0.1, 0.15) is 0 Å². The molecule has 1 amide bonds. The molecule has 0 saturated heterocycles. The fourth-order valence-electron chi connectivity index (χ4n) is 1.80. The van der Waals surface area contributed by atoms with Gasteiger partial charge < -0.3 is 10.4 Å². The number of hydrogen-bond acceptors (Lipinski definition) is 3. The molecule has 0 fully saturated rings. The number of anilines is 1. The number of halogens is 1. The molecule has 0 aliphatic heterocycles. The number of pyridine rings is 1. The lowest BCUT2D eigenvalue weighted by Gasteiger charge is -2.07. The Balaban J connectivity index is 2.07. The highest BCUT2D eigenvalue weighted by atomic mass is 79.9. The Labute approximate surface area is 130 Å². The summed E-state index contributed by atoms with van der Waals surface area (Å²) in [5.74, 6) is -1.11. The maximum atomic E-state index is 12.1. The number of aliphatic carboxylic acids is 1. The Bertz CT molecular complexity index is 673. The van der Waals surface area contributed by atoms with Gasteiger partial charge in [-0.2, -0.15) is 0 Å². The highest BCUT2D eigenvalue weighted by Crippen LogP contribution is 2.15. The maximum Gasteiger partial charge on any atom is 0.303 e. The summed E-state index contributed by atoms with van der Waals surface area (Å²) < 4.78 is 0.727. The molecule has 0 unspecified atom stereocenters. The van der Waals surface area contributed by atoms with E-state index in [1.54, 1.807) is 30.5 Å². The van der Waals surface area contributed by atoms with Crippen LogP contribution in [0.3, 0.4) is 0 Å². The molecule has 21 heavy (non-hydrogen) atoms. The average Bonchev–Trinajstić information content (AvgIpc) is 2.45. The fourth-order valence-corrected chi connectivity index (χ4v) is 2.16. The standard InChI is InChI=1S/C15H13BrN2O3/c16-12-7-11(8-17-9-12)15(21)18-13-3-1-2-10(6-13)4-5-14(19)20/h1-3,6-9H,4-5H2,(H,18,21)(H,19,20). The van der Waals surface area contributed by atoms with Gasteiger partial charge >= 0.3 is 5.97 Å². The fraction of sp³-hybridized carbons (Fsp3) is 0.133. The molecule has 0 aliphatic rings. The van der Waals surface area contributed by atoms with Crippen LogP contribution in [0.1, 0.15) is 22.3 Å². The molecule has 1 aromatic carbocycles. The minimum absolute atomic E-state index is 0.0625. The number of carbonyl (C=O) groups excluding carboxylic acids is 1. The quantitative estimate of drug-likeness (QED) is 0.869. The third-order valence-corrected chi connectivity index (χ3v) is 3.21. The van der Waals surface area contributed by atoms with Crippen LogP contribution in [0.4, 0.5) is 5.69 Å². The van der Waals surface area contributed by atoms with Crippen LogP contribution in [0.5, 0.6) is 0 Å². The number of carboxylic acids is 1. The molecule has 2 rings (SSSR count). The van der Waals surface area contributed by atoms with E-state index in [2.05, 4.69) is 26.2 Å². The molecule has 108 valence electrons. The number of aryl methyl sites for hydroxylation is 1. The van der Waals surface area contributed by atoms with E-state index < -0.39 is 5.97 Å². The normalized spacial score (nSPS) is 10.1. The molecule has 0 radical (unpaired) electrons. The van der Waals surface area contributed by atoms with Crippen LogP contribution in [0.25, 0.3) is 0 Å². The minimum atomic E-state index is -0.843. The van der Waals surface area contributed by atoms with E-state index in [-0.39, 0.29) is 12.3 Å². The first kappa shape index (κ1) is 15.2. The van der Waals surface area contributed by atoms with E-state index in [1.165, 1.54) is 6.20 Å². The van der Waals surface area contributed by atoms with Crippen molar-refractivity contribution in [1.29, 1.82) is 0 Å². The second-order valence-corrected chi connectivity index (χ2v) is 5.36. The summed E-state index contributed by atoms with van der Waals surface area (Å²) in [7, 11) is 0. The second-order valence-electron chi connectivity index (χ2n) is 4.44. The molecule has 5 nitrogen and oxygen atoms in total. The van der Waals surface area contributed by atoms with Crippen molar-refractivity contribution in [3.63, 3.8) is 0 Å². The number of amides is 1. The lowest BCUT2D eigenvalue weighted by Crippen LogP contribution is -2.12. The van der Waals surface area contributed by atoms with Crippen molar-refractivity contribution < 1.29 is 14.7 Å². The largest absolute Gasteiger partial charge is 0.481 e. The average molecular weight is 349 g/mol. The number of aromatic nitrogens is 1. The molecule has 0 saturated carbocycles. The van der Waals surface area contributed by atoms with Gasteiger partial charge in [-0.05, 0) is 46.1 Å². The third-order valence-electron chi connectivity index (χ3n) is 2.78. The van der Waals surface area contributed by atoms with Gasteiger partial charge in [-0.3, -0.25) is 14.6 Å². The molecule has 2 aromatic rings. The van der Waals surface area contributed by atoms with Crippen molar-refractivity contribution in [3.05, 3.63) is 58.3 Å². The first-order valence-electron chi connectivity index (χ1n) is 6.27. The minimum Gasteiger partial charge on any atom is -0.481 e. The number of rotatable bonds is 5. The summed E-state index contributed by atoms with van der Waals surface area (Å²) in [4.78, 5) is 26.6. The highest BCUT2D eigenvalue weighted by molar-refractivity contribution is 9.10. The van der Waals surface area contributed by atoms with E-state index in [0.29, 0.717) is 17.7 Å². The summed E-state index contributed by atoms with van der Waals surface area (Å²) in [5, 5.41) is 11.4. The SMILES string of the molecule is O=C(O)CCc1cccc(NC(=O)c2cncc(Br)c2)c1. The molecule has 0 atom stereocenters. The molecule has 0 aliphatic carbocycles. The Morgan fingerprint density at radius 1 is 1.24 bits per heavy atom. The van der Waals surface area contributed by atoms with Crippen molar-refractivity contribution in [2.24, 2.45) is 0 Å². The van der Waals surface area contributed by atoms with E-state index in [4.69, 9.17) is 5.11 Å². The molecular formula is C15H13BrN2O3. The second kappa shape index (κ2) is 6.99. The van der Waals surface area contributed by atoms with Crippen LogP contribution in [-0.4, -0.2) is 22.0 Å².